The van der Waals surface area contributed by atoms with Gasteiger partial charge in [-0.15, -0.1) is 0 Å². The molecular weight excluding hydrogens is 346 g/mol. The Morgan fingerprint density at radius 1 is 1.07 bits per heavy atom. The summed E-state index contributed by atoms with van der Waals surface area (Å²) in [5.74, 6) is -1.21. The molecule has 1 aliphatic heterocycles. The molecule has 0 unspecified atom stereocenters. The minimum atomic E-state index is -0.497. The number of carbonyl (C=O) groups excluding carboxylic acids is 3. The van der Waals surface area contributed by atoms with Crippen LogP contribution in [0.4, 0.5) is 11.4 Å². The number of β-amino-alcohol motifs (C(OH)–C–C–N with tert-alkyl or cyclic N) is 1. The average Bonchev–Trinajstić information content (AvgIpc) is 2.90. The largest absolute Gasteiger partial charge is 0.395 e. The highest BCUT2D eigenvalue weighted by molar-refractivity contribution is 6.17. The fourth-order valence-electron chi connectivity index (χ4n) is 2.73. The molecule has 2 aromatic rings. The van der Waals surface area contributed by atoms with E-state index in [-0.39, 0.29) is 24.8 Å². The molecule has 1 aliphatic rings. The SMILES string of the molecule is Cc1cccc(C(=O)Nc2cccc(NC3=CC(=O)N(CCO)C3=O)c2)c1. The maximum Gasteiger partial charge on any atom is 0.277 e. The Labute approximate surface area is 156 Å². The second kappa shape index (κ2) is 7.84. The van der Waals surface area contributed by atoms with Gasteiger partial charge in [-0.25, -0.2) is 0 Å². The number of benzene rings is 2. The fraction of sp³-hybridized carbons (Fsp3) is 0.150. The molecule has 0 bridgehead atoms. The summed E-state index contributed by atoms with van der Waals surface area (Å²) >= 11 is 0. The number of nitrogens with one attached hydrogen (secondary N) is 2. The third-order valence-corrected chi connectivity index (χ3v) is 4.01. The van der Waals surface area contributed by atoms with Crippen molar-refractivity contribution < 1.29 is 19.5 Å². The van der Waals surface area contributed by atoms with Crippen LogP contribution in [0.2, 0.25) is 0 Å². The summed E-state index contributed by atoms with van der Waals surface area (Å²) in [5.41, 5.74) is 2.76. The number of carbonyl (C=O) groups is 3. The first-order valence-electron chi connectivity index (χ1n) is 8.41. The van der Waals surface area contributed by atoms with Gasteiger partial charge in [0.25, 0.3) is 17.7 Å². The topological polar surface area (TPSA) is 98.7 Å². The molecule has 0 spiro atoms. The van der Waals surface area contributed by atoms with Crippen LogP contribution >= 0.6 is 0 Å². The van der Waals surface area contributed by atoms with E-state index in [4.69, 9.17) is 5.11 Å². The maximum absolute atomic E-state index is 12.4. The van der Waals surface area contributed by atoms with Crippen LogP contribution in [-0.4, -0.2) is 40.9 Å². The van der Waals surface area contributed by atoms with Crippen molar-refractivity contribution >= 4 is 29.1 Å². The van der Waals surface area contributed by atoms with Crippen LogP contribution in [-0.2, 0) is 9.59 Å². The average molecular weight is 365 g/mol. The molecule has 3 amide bonds. The van der Waals surface area contributed by atoms with Crippen LogP contribution in [0.3, 0.4) is 0 Å². The minimum Gasteiger partial charge on any atom is -0.395 e. The van der Waals surface area contributed by atoms with E-state index in [1.54, 1.807) is 36.4 Å². The lowest BCUT2D eigenvalue weighted by Gasteiger charge is -2.14. The van der Waals surface area contributed by atoms with Crippen molar-refractivity contribution in [2.24, 2.45) is 0 Å². The zero-order valence-corrected chi connectivity index (χ0v) is 14.7. The predicted molar refractivity (Wildman–Crippen MR) is 101 cm³/mol. The number of hydrogen-bond donors (Lipinski definition) is 3. The van der Waals surface area contributed by atoms with Gasteiger partial charge in [0.1, 0.15) is 5.70 Å². The van der Waals surface area contributed by atoms with Gasteiger partial charge < -0.3 is 15.7 Å². The summed E-state index contributed by atoms with van der Waals surface area (Å²) in [4.78, 5) is 37.3. The molecule has 7 heteroatoms. The first-order chi connectivity index (χ1) is 13.0. The van der Waals surface area contributed by atoms with Crippen LogP contribution in [0.1, 0.15) is 15.9 Å². The van der Waals surface area contributed by atoms with Crippen molar-refractivity contribution in [1.29, 1.82) is 0 Å². The number of hydrogen-bond acceptors (Lipinski definition) is 5. The van der Waals surface area contributed by atoms with Gasteiger partial charge >= 0.3 is 0 Å². The molecule has 3 rings (SSSR count). The van der Waals surface area contributed by atoms with Gasteiger partial charge in [-0.1, -0.05) is 23.8 Å². The van der Waals surface area contributed by atoms with Crippen molar-refractivity contribution in [1.82, 2.24) is 4.90 Å². The number of rotatable bonds is 6. The van der Waals surface area contributed by atoms with E-state index < -0.39 is 11.8 Å². The molecule has 0 saturated carbocycles. The molecule has 0 atom stereocenters. The fourth-order valence-corrected chi connectivity index (χ4v) is 2.73. The highest BCUT2D eigenvalue weighted by Gasteiger charge is 2.30. The Morgan fingerprint density at radius 2 is 1.81 bits per heavy atom. The van der Waals surface area contributed by atoms with Gasteiger partial charge in [0.15, 0.2) is 0 Å². The zero-order chi connectivity index (χ0) is 19.4. The summed E-state index contributed by atoms with van der Waals surface area (Å²) in [5, 5.41) is 14.6. The van der Waals surface area contributed by atoms with Crippen LogP contribution < -0.4 is 10.6 Å². The smallest absolute Gasteiger partial charge is 0.277 e. The van der Waals surface area contributed by atoms with Crippen LogP contribution in [0.15, 0.2) is 60.3 Å². The molecule has 0 aliphatic carbocycles. The number of imide groups is 1. The number of anilines is 2. The highest BCUT2D eigenvalue weighted by Crippen LogP contribution is 2.20. The molecule has 7 nitrogen and oxygen atoms in total. The Hall–Kier alpha value is -3.45. The van der Waals surface area contributed by atoms with Crippen molar-refractivity contribution in [3.8, 4) is 0 Å². The molecule has 1 heterocycles. The number of amides is 3. The highest BCUT2D eigenvalue weighted by atomic mass is 16.3. The monoisotopic (exact) mass is 365 g/mol. The van der Waals surface area contributed by atoms with Crippen molar-refractivity contribution in [3.05, 3.63) is 71.4 Å². The Bertz CT molecular complexity index is 936. The first-order valence-corrected chi connectivity index (χ1v) is 8.41. The van der Waals surface area contributed by atoms with E-state index in [0.717, 1.165) is 10.5 Å². The predicted octanol–water partition coefficient (Wildman–Crippen LogP) is 1.90. The summed E-state index contributed by atoms with van der Waals surface area (Å²) in [7, 11) is 0. The summed E-state index contributed by atoms with van der Waals surface area (Å²) in [6, 6.07) is 14.1. The Morgan fingerprint density at radius 3 is 2.56 bits per heavy atom. The van der Waals surface area contributed by atoms with Gasteiger partial charge in [0, 0.05) is 23.0 Å². The lowest BCUT2D eigenvalue weighted by Crippen LogP contribution is -2.34. The normalized spacial score (nSPS) is 13.6. The van der Waals surface area contributed by atoms with Crippen molar-refractivity contribution in [3.63, 3.8) is 0 Å². The molecule has 0 saturated heterocycles. The lowest BCUT2D eigenvalue weighted by molar-refractivity contribution is -0.137. The van der Waals surface area contributed by atoms with E-state index in [0.29, 0.717) is 16.9 Å². The second-order valence-electron chi connectivity index (χ2n) is 6.11. The zero-order valence-electron chi connectivity index (χ0n) is 14.7. The summed E-state index contributed by atoms with van der Waals surface area (Å²) in [6.07, 6.45) is 1.19. The molecule has 2 aromatic carbocycles. The van der Waals surface area contributed by atoms with Gasteiger partial charge in [-0.2, -0.15) is 0 Å². The van der Waals surface area contributed by atoms with Crippen LogP contribution in [0.5, 0.6) is 0 Å². The van der Waals surface area contributed by atoms with E-state index in [2.05, 4.69) is 10.6 Å². The Balaban J connectivity index is 1.71. The van der Waals surface area contributed by atoms with Crippen LogP contribution in [0.25, 0.3) is 0 Å². The summed E-state index contributed by atoms with van der Waals surface area (Å²) < 4.78 is 0. The third-order valence-electron chi connectivity index (χ3n) is 4.01. The lowest BCUT2D eigenvalue weighted by atomic mass is 10.1. The minimum absolute atomic E-state index is 0.0497. The van der Waals surface area contributed by atoms with Gasteiger partial charge in [0.2, 0.25) is 0 Å². The van der Waals surface area contributed by atoms with E-state index in [1.807, 2.05) is 19.1 Å². The van der Waals surface area contributed by atoms with E-state index in [1.165, 1.54) is 6.08 Å². The quantitative estimate of drug-likeness (QED) is 0.679. The molecule has 0 aromatic heterocycles. The van der Waals surface area contributed by atoms with Crippen molar-refractivity contribution in [2.45, 2.75) is 6.92 Å². The number of aryl methyl sites for hydroxylation is 1. The molecular formula is C20H19N3O4. The standard InChI is InChI=1S/C20H19N3O4/c1-13-4-2-5-14(10-13)19(26)22-16-7-3-6-15(11-16)21-17-12-18(25)23(8-9-24)20(17)27/h2-7,10-12,21,24H,8-9H2,1H3,(H,22,26). The number of nitrogens with zero attached hydrogens (tertiary/aromatic N) is 1. The van der Waals surface area contributed by atoms with E-state index >= 15 is 0 Å². The molecule has 27 heavy (non-hydrogen) atoms. The maximum atomic E-state index is 12.4. The van der Waals surface area contributed by atoms with Crippen LogP contribution in [0, 0.1) is 6.92 Å². The Kier molecular flexibility index (Phi) is 5.33. The third kappa shape index (κ3) is 4.21. The van der Waals surface area contributed by atoms with Gasteiger partial charge in [0.05, 0.1) is 13.2 Å². The molecule has 138 valence electrons. The molecule has 3 N–H and O–H groups in total. The number of aliphatic hydroxyl groups is 1. The molecule has 0 radical (unpaired) electrons. The van der Waals surface area contributed by atoms with Gasteiger partial charge in [-0.3, -0.25) is 19.3 Å². The molecule has 0 fully saturated rings. The summed E-state index contributed by atoms with van der Waals surface area (Å²) in [6.45, 7) is 1.57. The number of aliphatic hydroxyl groups excluding tert-OH is 1. The van der Waals surface area contributed by atoms with Gasteiger partial charge in [-0.05, 0) is 37.3 Å². The van der Waals surface area contributed by atoms with E-state index in [9.17, 15) is 14.4 Å². The first kappa shape index (κ1) is 18.3. The second-order valence-corrected chi connectivity index (χ2v) is 6.11. The van der Waals surface area contributed by atoms with Crippen molar-refractivity contribution in [2.75, 3.05) is 23.8 Å².